The van der Waals surface area contributed by atoms with E-state index >= 15 is 0 Å². The molecule has 2 fully saturated rings. The van der Waals surface area contributed by atoms with Gasteiger partial charge in [0.1, 0.15) is 0 Å². The summed E-state index contributed by atoms with van der Waals surface area (Å²) in [6.45, 7) is 2.30. The van der Waals surface area contributed by atoms with Crippen LogP contribution in [0, 0.1) is 0 Å². The van der Waals surface area contributed by atoms with Crippen LogP contribution >= 0.6 is 0 Å². The maximum atomic E-state index is 9.64. The SMILES string of the molecule is CCCCCCCCCCC=CN(C1CCCCC1)C1CCCCC1.O=C(O)CCC(=O)O. The van der Waals surface area contributed by atoms with Crippen molar-refractivity contribution < 1.29 is 19.8 Å². The van der Waals surface area contributed by atoms with Crippen molar-refractivity contribution in [2.75, 3.05) is 0 Å². The molecule has 5 heteroatoms. The lowest BCUT2D eigenvalue weighted by atomic mass is 9.89. The molecule has 2 saturated carbocycles. The van der Waals surface area contributed by atoms with Crippen LogP contribution in [0.25, 0.3) is 0 Å². The Balaban J connectivity index is 0.000000582. The second kappa shape index (κ2) is 19.9. The molecule has 0 aromatic rings. The maximum Gasteiger partial charge on any atom is 0.303 e. The Morgan fingerprint density at radius 2 is 1.12 bits per heavy atom. The number of allylic oxidation sites excluding steroid dienone is 1. The van der Waals surface area contributed by atoms with Crippen LogP contribution in [0.2, 0.25) is 0 Å². The molecule has 0 atom stereocenters. The Hall–Kier alpha value is -1.52. The fraction of sp³-hybridized carbons (Fsp3) is 0.857. The van der Waals surface area contributed by atoms with Gasteiger partial charge in [0.15, 0.2) is 0 Å². The van der Waals surface area contributed by atoms with E-state index in [-0.39, 0.29) is 12.8 Å². The van der Waals surface area contributed by atoms with E-state index in [0.717, 1.165) is 12.1 Å². The Labute approximate surface area is 203 Å². The number of nitrogens with zero attached hydrogens (tertiary/aromatic N) is 1. The molecule has 0 bridgehead atoms. The van der Waals surface area contributed by atoms with Gasteiger partial charge in [0.25, 0.3) is 0 Å². The van der Waals surface area contributed by atoms with E-state index < -0.39 is 11.9 Å². The molecule has 0 amide bonds. The lowest BCUT2D eigenvalue weighted by molar-refractivity contribution is -0.143. The molecule has 2 aliphatic rings. The smallest absolute Gasteiger partial charge is 0.303 e. The normalized spacial score (nSPS) is 17.5. The second-order valence-corrected chi connectivity index (χ2v) is 9.97. The van der Waals surface area contributed by atoms with Crippen LogP contribution in [0.3, 0.4) is 0 Å². The fourth-order valence-corrected chi connectivity index (χ4v) is 5.11. The van der Waals surface area contributed by atoms with Gasteiger partial charge in [-0.25, -0.2) is 0 Å². The van der Waals surface area contributed by atoms with Crippen molar-refractivity contribution in [1.82, 2.24) is 4.90 Å². The summed E-state index contributed by atoms with van der Waals surface area (Å²) in [4.78, 5) is 22.1. The van der Waals surface area contributed by atoms with Gasteiger partial charge < -0.3 is 15.1 Å². The first kappa shape index (κ1) is 29.5. The topological polar surface area (TPSA) is 77.8 Å². The molecule has 5 nitrogen and oxygen atoms in total. The summed E-state index contributed by atoms with van der Waals surface area (Å²) in [7, 11) is 0. The molecule has 0 heterocycles. The van der Waals surface area contributed by atoms with Gasteiger partial charge in [0.2, 0.25) is 0 Å². The summed E-state index contributed by atoms with van der Waals surface area (Å²) in [5.74, 6) is -2.15. The molecule has 0 aromatic heterocycles. The summed E-state index contributed by atoms with van der Waals surface area (Å²) >= 11 is 0. The third-order valence-electron chi connectivity index (χ3n) is 7.05. The van der Waals surface area contributed by atoms with Crippen LogP contribution in [-0.2, 0) is 9.59 Å². The Morgan fingerprint density at radius 3 is 1.55 bits per heavy atom. The molecule has 0 aliphatic heterocycles. The number of carboxylic acids is 2. The van der Waals surface area contributed by atoms with Gasteiger partial charge in [-0.3, -0.25) is 9.59 Å². The molecule has 2 N–H and O–H groups in total. The van der Waals surface area contributed by atoms with Crippen molar-refractivity contribution in [3.63, 3.8) is 0 Å². The highest BCUT2D eigenvalue weighted by Gasteiger charge is 2.26. The number of carboxylic acid groups (broad SMARTS) is 2. The van der Waals surface area contributed by atoms with Gasteiger partial charge in [0.05, 0.1) is 12.8 Å². The zero-order valence-corrected chi connectivity index (χ0v) is 21.3. The maximum absolute atomic E-state index is 9.64. The van der Waals surface area contributed by atoms with E-state index in [1.165, 1.54) is 122 Å². The Morgan fingerprint density at radius 1 is 0.697 bits per heavy atom. The van der Waals surface area contributed by atoms with E-state index in [0.29, 0.717) is 0 Å². The van der Waals surface area contributed by atoms with Gasteiger partial charge in [-0.2, -0.15) is 0 Å². The molecule has 0 saturated heterocycles. The highest BCUT2D eigenvalue weighted by Crippen LogP contribution is 2.30. The van der Waals surface area contributed by atoms with E-state index in [9.17, 15) is 9.59 Å². The third kappa shape index (κ3) is 15.9. The minimum Gasteiger partial charge on any atom is -0.481 e. The molecule has 0 radical (unpaired) electrons. The Kier molecular flexibility index (Phi) is 17.8. The predicted molar refractivity (Wildman–Crippen MR) is 136 cm³/mol. The summed E-state index contributed by atoms with van der Waals surface area (Å²) in [6, 6.07) is 1.71. The summed E-state index contributed by atoms with van der Waals surface area (Å²) in [5, 5.41) is 15.8. The number of rotatable bonds is 15. The molecule has 0 spiro atoms. The van der Waals surface area contributed by atoms with E-state index in [2.05, 4.69) is 24.1 Å². The van der Waals surface area contributed by atoms with Gasteiger partial charge in [-0.05, 0) is 44.7 Å². The van der Waals surface area contributed by atoms with Gasteiger partial charge in [-0.1, -0.05) is 96.5 Å². The molecule has 2 rings (SSSR count). The molecular formula is C28H51NO4. The van der Waals surface area contributed by atoms with Crippen LogP contribution in [0.1, 0.15) is 142 Å². The van der Waals surface area contributed by atoms with Crippen molar-refractivity contribution in [1.29, 1.82) is 0 Å². The molecule has 33 heavy (non-hydrogen) atoms. The van der Waals surface area contributed by atoms with Crippen molar-refractivity contribution >= 4 is 11.9 Å². The van der Waals surface area contributed by atoms with Crippen molar-refractivity contribution in [2.45, 2.75) is 154 Å². The lowest BCUT2D eigenvalue weighted by Gasteiger charge is -2.41. The molecule has 0 unspecified atom stereocenters. The lowest BCUT2D eigenvalue weighted by Crippen LogP contribution is -2.41. The Bertz CT molecular complexity index is 490. The third-order valence-corrected chi connectivity index (χ3v) is 7.05. The summed E-state index contributed by atoms with van der Waals surface area (Å²) in [5.41, 5.74) is 0. The quantitative estimate of drug-likeness (QED) is 0.240. The largest absolute Gasteiger partial charge is 0.481 e. The first-order chi connectivity index (χ1) is 16.0. The first-order valence-electron chi connectivity index (χ1n) is 13.9. The molecular weight excluding hydrogens is 414 g/mol. The van der Waals surface area contributed by atoms with Crippen molar-refractivity contribution in [3.05, 3.63) is 12.3 Å². The van der Waals surface area contributed by atoms with Gasteiger partial charge in [0, 0.05) is 12.1 Å². The zero-order chi connectivity index (χ0) is 24.2. The van der Waals surface area contributed by atoms with Gasteiger partial charge in [-0.15, -0.1) is 0 Å². The number of aliphatic carboxylic acids is 2. The van der Waals surface area contributed by atoms with E-state index in [1.807, 2.05) is 0 Å². The van der Waals surface area contributed by atoms with Crippen LogP contribution in [-0.4, -0.2) is 39.1 Å². The zero-order valence-electron chi connectivity index (χ0n) is 21.3. The van der Waals surface area contributed by atoms with E-state index in [1.54, 1.807) is 0 Å². The standard InChI is InChI=1S/C24H45N.C4H6O4/c1-2-3-4-5-6-7-8-9-10-17-22-25(23-18-13-11-14-19-23)24-20-15-12-16-21-24;5-3(6)1-2-4(7)8/h17,22-24H,2-16,18-21H2,1H3;1-2H2,(H,5,6)(H,7,8). The number of carbonyl (C=O) groups is 2. The van der Waals surface area contributed by atoms with Crippen LogP contribution < -0.4 is 0 Å². The minimum absolute atomic E-state index is 0.296. The summed E-state index contributed by atoms with van der Waals surface area (Å²) in [6.07, 6.45) is 31.7. The van der Waals surface area contributed by atoms with Crippen molar-refractivity contribution in [2.24, 2.45) is 0 Å². The van der Waals surface area contributed by atoms with Crippen LogP contribution in [0.5, 0.6) is 0 Å². The number of hydrogen-bond donors (Lipinski definition) is 2. The average molecular weight is 466 g/mol. The number of unbranched alkanes of at least 4 members (excludes halogenated alkanes) is 8. The fourth-order valence-electron chi connectivity index (χ4n) is 5.11. The first-order valence-corrected chi connectivity index (χ1v) is 13.9. The average Bonchev–Trinajstić information content (AvgIpc) is 2.83. The second-order valence-electron chi connectivity index (χ2n) is 9.97. The van der Waals surface area contributed by atoms with Crippen LogP contribution in [0.4, 0.5) is 0 Å². The number of hydrogen-bond acceptors (Lipinski definition) is 3. The highest BCUT2D eigenvalue weighted by atomic mass is 16.4. The summed E-state index contributed by atoms with van der Waals surface area (Å²) < 4.78 is 0. The predicted octanol–water partition coefficient (Wildman–Crippen LogP) is 7.93. The monoisotopic (exact) mass is 465 g/mol. The molecule has 0 aromatic carbocycles. The van der Waals surface area contributed by atoms with Crippen molar-refractivity contribution in [3.8, 4) is 0 Å². The van der Waals surface area contributed by atoms with Crippen LogP contribution in [0.15, 0.2) is 12.3 Å². The molecule has 192 valence electrons. The highest BCUT2D eigenvalue weighted by molar-refractivity contribution is 5.75. The van der Waals surface area contributed by atoms with E-state index in [4.69, 9.17) is 10.2 Å². The minimum atomic E-state index is -1.08. The molecule has 2 aliphatic carbocycles. The van der Waals surface area contributed by atoms with Gasteiger partial charge >= 0.3 is 11.9 Å².